The van der Waals surface area contributed by atoms with E-state index in [9.17, 15) is 9.59 Å². The summed E-state index contributed by atoms with van der Waals surface area (Å²) in [5.74, 6) is -0.717. The average molecular weight is 374 g/mol. The molecule has 0 saturated carbocycles. The van der Waals surface area contributed by atoms with Crippen LogP contribution in [0.1, 0.15) is 48.0 Å². The summed E-state index contributed by atoms with van der Waals surface area (Å²) in [5, 5.41) is 1.86. The molecule has 0 amide bonds. The van der Waals surface area contributed by atoms with Crippen LogP contribution in [0.15, 0.2) is 35.7 Å². The van der Waals surface area contributed by atoms with E-state index < -0.39 is 11.8 Å². The smallest absolute Gasteiger partial charge is 0.313 e. The molecule has 0 unspecified atom stereocenters. The number of aryl methyl sites for hydroxylation is 1. The fourth-order valence-electron chi connectivity index (χ4n) is 2.85. The number of carbonyl (C=O) groups excluding carboxylic acids is 2. The summed E-state index contributed by atoms with van der Waals surface area (Å²) in [6, 6.07) is 8.88. The second-order valence-electron chi connectivity index (χ2n) is 6.61. The maximum Gasteiger partial charge on any atom is 0.313 e. The standard InChI is InChI=1S/C20H22O5S/c1-4-13-7-8-14(19(22)17-6-5-9-26-17)10-16(13)24-18(21)11-15-12-23-20(2,3)25-15/h5-10,15H,4,11-12H2,1-3H3/t15-/m0/s1. The van der Waals surface area contributed by atoms with Crippen LogP contribution in [0, 0.1) is 0 Å². The lowest BCUT2D eigenvalue weighted by Gasteiger charge is -2.17. The molecule has 138 valence electrons. The van der Waals surface area contributed by atoms with Gasteiger partial charge in [-0.05, 0) is 43.3 Å². The second kappa shape index (κ2) is 7.70. The van der Waals surface area contributed by atoms with Crippen LogP contribution in [-0.4, -0.2) is 30.3 Å². The summed E-state index contributed by atoms with van der Waals surface area (Å²) >= 11 is 1.39. The molecule has 1 aliphatic heterocycles. The molecule has 1 aliphatic rings. The lowest BCUT2D eigenvalue weighted by Crippen LogP contribution is -2.24. The van der Waals surface area contributed by atoms with Crippen LogP contribution in [0.2, 0.25) is 0 Å². The van der Waals surface area contributed by atoms with Crippen LogP contribution in [0.5, 0.6) is 5.75 Å². The highest BCUT2D eigenvalue weighted by Crippen LogP contribution is 2.27. The van der Waals surface area contributed by atoms with E-state index in [1.807, 2.05) is 38.3 Å². The fourth-order valence-corrected chi connectivity index (χ4v) is 3.53. The van der Waals surface area contributed by atoms with Gasteiger partial charge in [-0.15, -0.1) is 11.3 Å². The van der Waals surface area contributed by atoms with Gasteiger partial charge in [-0.1, -0.05) is 25.1 Å². The largest absolute Gasteiger partial charge is 0.426 e. The number of ketones is 1. The van der Waals surface area contributed by atoms with E-state index in [0.29, 0.717) is 29.2 Å². The van der Waals surface area contributed by atoms with Crippen molar-refractivity contribution >= 4 is 23.1 Å². The zero-order valence-electron chi connectivity index (χ0n) is 15.1. The van der Waals surface area contributed by atoms with E-state index in [1.54, 1.807) is 18.2 Å². The number of esters is 1. The minimum absolute atomic E-state index is 0.0748. The van der Waals surface area contributed by atoms with Crippen molar-refractivity contribution < 1.29 is 23.8 Å². The van der Waals surface area contributed by atoms with Crippen LogP contribution >= 0.6 is 11.3 Å². The summed E-state index contributed by atoms with van der Waals surface area (Å²) in [7, 11) is 0. The molecular formula is C20H22O5S. The minimum Gasteiger partial charge on any atom is -0.426 e. The molecule has 1 saturated heterocycles. The van der Waals surface area contributed by atoms with Crippen molar-refractivity contribution in [1.29, 1.82) is 0 Å². The molecule has 26 heavy (non-hydrogen) atoms. The van der Waals surface area contributed by atoms with Crippen molar-refractivity contribution in [1.82, 2.24) is 0 Å². The third-order valence-electron chi connectivity index (χ3n) is 4.14. The normalized spacial score (nSPS) is 18.7. The molecule has 2 heterocycles. The predicted octanol–water partition coefficient (Wildman–Crippen LogP) is 3.99. The Morgan fingerprint density at radius 3 is 2.73 bits per heavy atom. The molecule has 1 aromatic carbocycles. The Morgan fingerprint density at radius 2 is 2.12 bits per heavy atom. The number of benzene rings is 1. The Morgan fingerprint density at radius 1 is 1.31 bits per heavy atom. The molecule has 5 nitrogen and oxygen atoms in total. The Balaban J connectivity index is 1.72. The zero-order valence-corrected chi connectivity index (χ0v) is 15.9. The SMILES string of the molecule is CCc1ccc(C(=O)c2cccs2)cc1OC(=O)C[C@H]1COC(C)(C)O1. The Bertz CT molecular complexity index is 795. The predicted molar refractivity (Wildman–Crippen MR) is 98.7 cm³/mol. The first-order valence-corrected chi connectivity index (χ1v) is 9.49. The summed E-state index contributed by atoms with van der Waals surface area (Å²) in [6.45, 7) is 5.96. The molecule has 1 atom stereocenters. The third-order valence-corrected chi connectivity index (χ3v) is 5.01. The van der Waals surface area contributed by atoms with Crippen LogP contribution in [-0.2, 0) is 20.7 Å². The first-order chi connectivity index (χ1) is 12.4. The highest BCUT2D eigenvalue weighted by atomic mass is 32.1. The van der Waals surface area contributed by atoms with E-state index in [1.165, 1.54) is 11.3 Å². The van der Waals surface area contributed by atoms with Crippen LogP contribution in [0.3, 0.4) is 0 Å². The summed E-state index contributed by atoms with van der Waals surface area (Å²) in [4.78, 5) is 25.5. The van der Waals surface area contributed by atoms with Gasteiger partial charge in [0.15, 0.2) is 5.79 Å². The van der Waals surface area contributed by atoms with Crippen molar-refractivity contribution in [2.24, 2.45) is 0 Å². The molecular weight excluding hydrogens is 352 g/mol. The molecule has 1 fully saturated rings. The van der Waals surface area contributed by atoms with Gasteiger partial charge < -0.3 is 14.2 Å². The fraction of sp³-hybridized carbons (Fsp3) is 0.400. The van der Waals surface area contributed by atoms with Gasteiger partial charge in [0.05, 0.1) is 24.0 Å². The molecule has 1 aromatic heterocycles. The maximum absolute atomic E-state index is 12.5. The van der Waals surface area contributed by atoms with Crippen LogP contribution < -0.4 is 4.74 Å². The van der Waals surface area contributed by atoms with E-state index in [2.05, 4.69) is 0 Å². The molecule has 3 rings (SSSR count). The summed E-state index contributed by atoms with van der Waals surface area (Å²) in [5.41, 5.74) is 1.39. The molecule has 0 N–H and O–H groups in total. The zero-order chi connectivity index (χ0) is 18.7. The van der Waals surface area contributed by atoms with Gasteiger partial charge in [0.25, 0.3) is 0 Å². The van der Waals surface area contributed by atoms with Crippen molar-refractivity contribution in [2.75, 3.05) is 6.61 Å². The molecule has 0 bridgehead atoms. The van der Waals surface area contributed by atoms with Gasteiger partial charge in [0.2, 0.25) is 5.78 Å². The minimum atomic E-state index is -0.674. The van der Waals surface area contributed by atoms with Gasteiger partial charge in [0, 0.05) is 5.56 Å². The number of carbonyl (C=O) groups is 2. The average Bonchev–Trinajstić information content (AvgIpc) is 3.23. The third kappa shape index (κ3) is 4.38. The van der Waals surface area contributed by atoms with E-state index in [4.69, 9.17) is 14.2 Å². The molecule has 0 radical (unpaired) electrons. The Labute approximate surface area is 156 Å². The topological polar surface area (TPSA) is 61.8 Å². The number of hydrogen-bond donors (Lipinski definition) is 0. The molecule has 0 aliphatic carbocycles. The molecule has 6 heteroatoms. The van der Waals surface area contributed by atoms with E-state index in [0.717, 1.165) is 5.56 Å². The number of thiophene rings is 1. The monoisotopic (exact) mass is 374 g/mol. The molecule has 2 aromatic rings. The second-order valence-corrected chi connectivity index (χ2v) is 7.56. The highest BCUT2D eigenvalue weighted by molar-refractivity contribution is 7.12. The van der Waals surface area contributed by atoms with E-state index in [-0.39, 0.29) is 18.3 Å². The van der Waals surface area contributed by atoms with Crippen molar-refractivity contribution in [2.45, 2.75) is 45.5 Å². The lowest BCUT2D eigenvalue weighted by atomic mass is 10.0. The number of ether oxygens (including phenoxy) is 3. The lowest BCUT2D eigenvalue weighted by molar-refractivity contribution is -0.148. The van der Waals surface area contributed by atoms with Crippen molar-refractivity contribution in [3.8, 4) is 5.75 Å². The van der Waals surface area contributed by atoms with Crippen molar-refractivity contribution in [3.05, 3.63) is 51.7 Å². The quantitative estimate of drug-likeness (QED) is 0.435. The van der Waals surface area contributed by atoms with Gasteiger partial charge in [-0.2, -0.15) is 0 Å². The number of hydrogen-bond acceptors (Lipinski definition) is 6. The van der Waals surface area contributed by atoms with Crippen LogP contribution in [0.25, 0.3) is 0 Å². The number of rotatable bonds is 6. The molecule has 0 spiro atoms. The first-order valence-electron chi connectivity index (χ1n) is 8.61. The van der Waals surface area contributed by atoms with Gasteiger partial charge in [-0.25, -0.2) is 0 Å². The van der Waals surface area contributed by atoms with Crippen molar-refractivity contribution in [3.63, 3.8) is 0 Å². The van der Waals surface area contributed by atoms with Crippen LogP contribution in [0.4, 0.5) is 0 Å². The highest BCUT2D eigenvalue weighted by Gasteiger charge is 2.34. The van der Waals surface area contributed by atoms with E-state index >= 15 is 0 Å². The summed E-state index contributed by atoms with van der Waals surface area (Å²) < 4.78 is 16.7. The Kier molecular flexibility index (Phi) is 5.55. The van der Waals surface area contributed by atoms with Gasteiger partial charge in [0.1, 0.15) is 5.75 Å². The van der Waals surface area contributed by atoms with Gasteiger partial charge in [-0.3, -0.25) is 9.59 Å². The first kappa shape index (κ1) is 18.8. The van der Waals surface area contributed by atoms with Gasteiger partial charge >= 0.3 is 5.97 Å². The Hall–Kier alpha value is -2.02. The summed E-state index contributed by atoms with van der Waals surface area (Å²) in [6.07, 6.45) is 0.487. The maximum atomic E-state index is 12.5.